The Morgan fingerprint density at radius 1 is 1.02 bits per heavy atom. The number of carbonyl (C=O) groups is 1. The molecule has 1 aromatic rings. The maximum absolute atomic E-state index is 13.3. The number of hydrogen-bond acceptors (Lipinski definition) is 7. The van der Waals surface area contributed by atoms with E-state index in [-0.39, 0.29) is 48.1 Å². The first kappa shape index (κ1) is 37.2. The van der Waals surface area contributed by atoms with Crippen LogP contribution in [0.15, 0.2) is 18.2 Å². The summed E-state index contributed by atoms with van der Waals surface area (Å²) in [6.07, 6.45) is -2.30. The predicted molar refractivity (Wildman–Crippen MR) is 162 cm³/mol. The summed E-state index contributed by atoms with van der Waals surface area (Å²) in [6, 6.07) is 5.75. The molecule has 0 heterocycles. The van der Waals surface area contributed by atoms with Crippen molar-refractivity contribution in [1.82, 2.24) is 0 Å². The van der Waals surface area contributed by atoms with Crippen LogP contribution in [0.2, 0.25) is 0 Å². The monoisotopic (exact) mass is 682 g/mol. The standard InChI is InChI=1S/C33H47F5O7S/c1-31-12-10-26-25-7-6-24(45-29(40)21-44-16-15-43-14-13-42-2)20-23(25)19-22(30(26)27(31)8-9-28(31)39)5-3-17-46(41)18-4-11-32(34,35)33(36,37)38/h6-7,20,22,26-28,30,39H,3-5,8-19,21H2,1-2H3/t22-,26-,27+,28+,30-,31+,46?/m1/s1. The molecule has 1 aromatic carbocycles. The fourth-order valence-corrected chi connectivity index (χ4v) is 9.13. The molecule has 0 saturated heterocycles. The number of esters is 1. The highest BCUT2D eigenvalue weighted by Gasteiger charge is 2.57. The Balaban J connectivity index is 1.37. The number of alkyl halides is 5. The van der Waals surface area contributed by atoms with Crippen LogP contribution in [0.3, 0.4) is 0 Å². The highest BCUT2D eigenvalue weighted by Crippen LogP contribution is 2.62. The average molecular weight is 683 g/mol. The van der Waals surface area contributed by atoms with Crippen molar-refractivity contribution in [3.8, 4) is 5.75 Å². The molecule has 7 atom stereocenters. The third kappa shape index (κ3) is 9.06. The Labute approximate surface area is 270 Å². The zero-order valence-electron chi connectivity index (χ0n) is 26.6. The molecule has 0 aromatic heterocycles. The number of ether oxygens (including phenoxy) is 4. The van der Waals surface area contributed by atoms with E-state index in [9.17, 15) is 36.1 Å². The number of aliphatic hydroxyl groups is 1. The second kappa shape index (κ2) is 16.2. The van der Waals surface area contributed by atoms with Crippen molar-refractivity contribution < 1.29 is 55.0 Å². The lowest BCUT2D eigenvalue weighted by Crippen LogP contribution is -2.47. The summed E-state index contributed by atoms with van der Waals surface area (Å²) in [5.74, 6) is -3.75. The lowest BCUT2D eigenvalue weighted by atomic mass is 9.52. The third-order valence-electron chi connectivity index (χ3n) is 10.3. The fourth-order valence-electron chi connectivity index (χ4n) is 7.97. The van der Waals surface area contributed by atoms with E-state index in [0.29, 0.717) is 50.2 Å². The first-order chi connectivity index (χ1) is 21.8. The van der Waals surface area contributed by atoms with Crippen molar-refractivity contribution in [3.63, 3.8) is 0 Å². The average Bonchev–Trinajstić information content (AvgIpc) is 3.29. The molecule has 3 aliphatic carbocycles. The minimum Gasteiger partial charge on any atom is -0.425 e. The van der Waals surface area contributed by atoms with Crippen molar-refractivity contribution in [2.75, 3.05) is 51.6 Å². The molecule has 0 aliphatic heterocycles. The maximum atomic E-state index is 13.3. The molecule has 7 nitrogen and oxygen atoms in total. The quantitative estimate of drug-likeness (QED) is 0.0903. The van der Waals surface area contributed by atoms with Crippen LogP contribution in [0.1, 0.15) is 75.3 Å². The summed E-state index contributed by atoms with van der Waals surface area (Å²) < 4.78 is 97.6. The van der Waals surface area contributed by atoms with E-state index in [1.165, 1.54) is 5.56 Å². The van der Waals surface area contributed by atoms with Gasteiger partial charge in [0.25, 0.3) is 0 Å². The Kier molecular flexibility index (Phi) is 13.0. The molecular weight excluding hydrogens is 635 g/mol. The van der Waals surface area contributed by atoms with Gasteiger partial charge in [-0.15, -0.1) is 0 Å². The van der Waals surface area contributed by atoms with Crippen LogP contribution in [0.4, 0.5) is 22.0 Å². The minimum atomic E-state index is -5.60. The van der Waals surface area contributed by atoms with E-state index in [1.54, 1.807) is 7.11 Å². The fraction of sp³-hybridized carbons (Fsp3) is 0.788. The van der Waals surface area contributed by atoms with Gasteiger partial charge >= 0.3 is 18.1 Å². The van der Waals surface area contributed by atoms with Gasteiger partial charge in [-0.05, 0) is 104 Å². The molecule has 0 radical (unpaired) electrons. The van der Waals surface area contributed by atoms with Crippen LogP contribution in [0.25, 0.3) is 0 Å². The largest absolute Gasteiger partial charge is 0.453 e. The van der Waals surface area contributed by atoms with Crippen LogP contribution in [-0.2, 0) is 36.2 Å². The van der Waals surface area contributed by atoms with Gasteiger partial charge in [0.05, 0.1) is 32.5 Å². The lowest BCUT2D eigenvalue weighted by molar-refractivity contribution is -0.284. The Morgan fingerprint density at radius 3 is 2.48 bits per heavy atom. The van der Waals surface area contributed by atoms with Crippen molar-refractivity contribution in [1.29, 1.82) is 0 Å². The van der Waals surface area contributed by atoms with Gasteiger partial charge in [-0.3, -0.25) is 4.21 Å². The number of halogens is 5. The summed E-state index contributed by atoms with van der Waals surface area (Å²) >= 11 is 0. The number of benzene rings is 1. The summed E-state index contributed by atoms with van der Waals surface area (Å²) in [6.45, 7) is 3.45. The number of hydrogen-bond donors (Lipinski definition) is 1. The summed E-state index contributed by atoms with van der Waals surface area (Å²) in [7, 11) is 0.0811. The molecule has 0 spiro atoms. The van der Waals surface area contributed by atoms with Gasteiger partial charge in [0.15, 0.2) is 0 Å². The van der Waals surface area contributed by atoms with E-state index < -0.39 is 41.7 Å². The van der Waals surface area contributed by atoms with Crippen LogP contribution in [0, 0.1) is 23.2 Å². The summed E-state index contributed by atoms with van der Waals surface area (Å²) in [4.78, 5) is 12.4. The molecule has 13 heteroatoms. The highest BCUT2D eigenvalue weighted by atomic mass is 32.2. The van der Waals surface area contributed by atoms with Gasteiger partial charge in [-0.1, -0.05) is 13.0 Å². The molecule has 262 valence electrons. The topological polar surface area (TPSA) is 91.3 Å². The molecule has 1 N–H and O–H groups in total. The van der Waals surface area contributed by atoms with Gasteiger partial charge in [-0.2, -0.15) is 22.0 Å². The van der Waals surface area contributed by atoms with E-state index in [1.807, 2.05) is 18.2 Å². The number of methoxy groups -OCH3 is 1. The lowest BCUT2D eigenvalue weighted by Gasteiger charge is -2.53. The minimum absolute atomic E-state index is 0.173. The van der Waals surface area contributed by atoms with Crippen LogP contribution in [0.5, 0.6) is 5.75 Å². The van der Waals surface area contributed by atoms with E-state index in [0.717, 1.165) is 37.7 Å². The molecule has 0 amide bonds. The molecule has 2 saturated carbocycles. The molecule has 0 bridgehead atoms. The predicted octanol–water partition coefficient (Wildman–Crippen LogP) is 6.22. The Hall–Kier alpha value is -1.67. The van der Waals surface area contributed by atoms with Crippen molar-refractivity contribution in [2.45, 2.75) is 88.8 Å². The SMILES string of the molecule is COCCOCCOCC(=O)Oc1ccc2c(c1)C[C@@H](CCCS(=O)CCCC(F)(F)C(F)(F)F)[C@@H]1[C@@H]2CC[C@]2(C)[C@@H](O)CC[C@@H]12. The smallest absolute Gasteiger partial charge is 0.425 e. The zero-order valence-corrected chi connectivity index (χ0v) is 27.4. The van der Waals surface area contributed by atoms with E-state index in [2.05, 4.69) is 6.92 Å². The van der Waals surface area contributed by atoms with Crippen molar-refractivity contribution >= 4 is 16.8 Å². The maximum Gasteiger partial charge on any atom is 0.453 e. The number of aliphatic hydroxyl groups excluding tert-OH is 1. The zero-order chi connectivity index (χ0) is 33.5. The second-order valence-electron chi connectivity index (χ2n) is 13.2. The highest BCUT2D eigenvalue weighted by molar-refractivity contribution is 7.84. The molecular formula is C33H47F5O7S. The number of fused-ring (bicyclic) bond motifs is 5. The van der Waals surface area contributed by atoms with Crippen LogP contribution >= 0.6 is 0 Å². The van der Waals surface area contributed by atoms with Gasteiger partial charge < -0.3 is 24.1 Å². The van der Waals surface area contributed by atoms with E-state index in [4.69, 9.17) is 18.9 Å². The molecule has 2 fully saturated rings. The van der Waals surface area contributed by atoms with Gasteiger partial charge in [0, 0.05) is 35.8 Å². The number of rotatable bonds is 17. The van der Waals surface area contributed by atoms with Crippen LogP contribution < -0.4 is 4.74 Å². The molecule has 4 rings (SSSR count). The van der Waals surface area contributed by atoms with Crippen LogP contribution in [-0.4, -0.2) is 85.1 Å². The molecule has 3 aliphatic rings. The Morgan fingerprint density at radius 2 is 1.74 bits per heavy atom. The van der Waals surface area contributed by atoms with Crippen molar-refractivity contribution in [2.24, 2.45) is 23.2 Å². The van der Waals surface area contributed by atoms with E-state index >= 15 is 0 Å². The van der Waals surface area contributed by atoms with Gasteiger partial charge in [0.2, 0.25) is 0 Å². The third-order valence-corrected chi connectivity index (χ3v) is 11.8. The normalized spacial score (nSPS) is 28.3. The second-order valence-corrected chi connectivity index (χ2v) is 14.9. The van der Waals surface area contributed by atoms with Gasteiger partial charge in [0.1, 0.15) is 12.4 Å². The summed E-state index contributed by atoms with van der Waals surface area (Å²) in [5.41, 5.74) is 2.14. The van der Waals surface area contributed by atoms with Gasteiger partial charge in [-0.25, -0.2) is 4.79 Å². The first-order valence-electron chi connectivity index (χ1n) is 16.2. The Bertz CT molecular complexity index is 1180. The number of carbonyl (C=O) groups excluding carboxylic acids is 1. The molecule has 1 unspecified atom stereocenters. The summed E-state index contributed by atoms with van der Waals surface area (Å²) in [5, 5.41) is 10.9. The van der Waals surface area contributed by atoms with Crippen molar-refractivity contribution in [3.05, 3.63) is 29.3 Å². The first-order valence-corrected chi connectivity index (χ1v) is 17.7. The molecule has 46 heavy (non-hydrogen) atoms.